The number of rotatable bonds is 4. The second kappa shape index (κ2) is 8.84. The number of hydrogen-bond acceptors (Lipinski definition) is 7. The maximum Gasteiger partial charge on any atom is 0.338 e. The van der Waals surface area contributed by atoms with E-state index in [2.05, 4.69) is 15.1 Å². The molecule has 2 saturated heterocycles. The summed E-state index contributed by atoms with van der Waals surface area (Å²) in [6, 6.07) is 10.9. The van der Waals surface area contributed by atoms with Crippen molar-refractivity contribution in [3.63, 3.8) is 0 Å². The average Bonchev–Trinajstić information content (AvgIpc) is 3.19. The van der Waals surface area contributed by atoms with Gasteiger partial charge in [0, 0.05) is 56.9 Å². The zero-order valence-electron chi connectivity index (χ0n) is 18.6. The number of carbonyl (C=O) groups is 1. The molecule has 0 saturated carbocycles. The number of fused-ring (bicyclic) bond motifs is 2. The summed E-state index contributed by atoms with van der Waals surface area (Å²) in [7, 11) is 0. The number of piperazine rings is 2. The number of halogens is 1. The molecule has 0 spiro atoms. The number of nitrogens with zero attached hydrogens (tertiary/aromatic N) is 3. The Morgan fingerprint density at radius 1 is 1.30 bits per heavy atom. The Labute approximate surface area is 192 Å². The zero-order valence-corrected chi connectivity index (χ0v) is 18.6. The highest BCUT2D eigenvalue weighted by molar-refractivity contribution is 5.93. The van der Waals surface area contributed by atoms with E-state index in [4.69, 9.17) is 4.74 Å². The maximum atomic E-state index is 13.9. The first-order chi connectivity index (χ1) is 15.9. The molecule has 2 aromatic rings. The fraction of sp³-hybridized carbons (Fsp3) is 0.440. The number of cyclic esters (lactones) is 1. The number of nitrogens with one attached hydrogen (secondary N) is 1. The van der Waals surface area contributed by atoms with Crippen LogP contribution in [-0.4, -0.2) is 66.2 Å². The normalized spacial score (nSPS) is 24.0. The summed E-state index contributed by atoms with van der Waals surface area (Å²) in [5.74, 6) is -0.771. The Morgan fingerprint density at radius 3 is 2.97 bits per heavy atom. The average molecular weight is 451 g/mol. The smallest absolute Gasteiger partial charge is 0.338 e. The number of esters is 1. The van der Waals surface area contributed by atoms with Gasteiger partial charge in [0.1, 0.15) is 18.5 Å². The summed E-state index contributed by atoms with van der Waals surface area (Å²) in [5.41, 5.74) is 4.02. The van der Waals surface area contributed by atoms with E-state index < -0.39 is 11.9 Å². The van der Waals surface area contributed by atoms with Crippen LogP contribution in [0, 0.1) is 24.1 Å². The highest BCUT2D eigenvalue weighted by Crippen LogP contribution is 2.29. The lowest BCUT2D eigenvalue weighted by molar-refractivity contribution is 0.0188. The number of benzene rings is 2. The molecule has 7 nitrogen and oxygen atoms in total. The number of carbonyl (C=O) groups excluding carboxylic acids is 1. The van der Waals surface area contributed by atoms with Gasteiger partial charge in [-0.15, -0.1) is 0 Å². The largest absolute Gasteiger partial charge is 0.457 e. The van der Waals surface area contributed by atoms with E-state index in [1.54, 1.807) is 18.2 Å². The van der Waals surface area contributed by atoms with Crippen molar-refractivity contribution in [2.75, 3.05) is 39.3 Å². The van der Waals surface area contributed by atoms with E-state index in [1.807, 2.05) is 19.1 Å². The molecule has 0 bridgehead atoms. The van der Waals surface area contributed by atoms with Crippen LogP contribution in [0.15, 0.2) is 30.3 Å². The standard InChI is InChI=1S/C25H27FN4O3/c1-15-19(4-5-22(26)21(15)9-27)23-12-30-7-6-29(11-18(30)10-28-23)13-24(31)16-2-3-20-17(8-16)14-33-25(20)32/h2-5,8,18,23-24,28,31H,6-7,10-14H2,1H3/t18-,23+,24-/m0/s1. The maximum absolute atomic E-state index is 13.9. The Bertz CT molecular complexity index is 1130. The number of aliphatic hydroxyl groups excluding tert-OH is 1. The van der Waals surface area contributed by atoms with E-state index in [0.717, 1.165) is 49.4 Å². The Kier molecular flexibility index (Phi) is 5.89. The summed E-state index contributed by atoms with van der Waals surface area (Å²) in [4.78, 5) is 16.4. The third kappa shape index (κ3) is 4.13. The third-order valence-electron chi connectivity index (χ3n) is 7.17. The molecular formula is C25H27FN4O3. The molecule has 0 amide bonds. The van der Waals surface area contributed by atoms with Crippen LogP contribution in [0.25, 0.3) is 0 Å². The van der Waals surface area contributed by atoms with Gasteiger partial charge in [-0.2, -0.15) is 5.26 Å². The van der Waals surface area contributed by atoms with Crippen molar-refractivity contribution in [2.45, 2.75) is 31.7 Å². The molecule has 8 heteroatoms. The molecule has 0 unspecified atom stereocenters. The number of hydrogen-bond donors (Lipinski definition) is 2. The molecule has 33 heavy (non-hydrogen) atoms. The lowest BCUT2D eigenvalue weighted by atomic mass is 9.93. The zero-order chi connectivity index (χ0) is 23.1. The van der Waals surface area contributed by atoms with Gasteiger partial charge >= 0.3 is 5.97 Å². The molecule has 3 atom stereocenters. The summed E-state index contributed by atoms with van der Waals surface area (Å²) in [5, 5.41) is 23.7. The van der Waals surface area contributed by atoms with Crippen molar-refractivity contribution in [1.29, 1.82) is 5.26 Å². The monoisotopic (exact) mass is 450 g/mol. The minimum Gasteiger partial charge on any atom is -0.457 e. The van der Waals surface area contributed by atoms with Gasteiger partial charge in [-0.25, -0.2) is 9.18 Å². The third-order valence-corrected chi connectivity index (χ3v) is 7.17. The van der Waals surface area contributed by atoms with Gasteiger partial charge in [0.05, 0.1) is 17.2 Å². The van der Waals surface area contributed by atoms with Gasteiger partial charge in [0.25, 0.3) is 0 Å². The van der Waals surface area contributed by atoms with Crippen molar-refractivity contribution < 1.29 is 19.0 Å². The van der Waals surface area contributed by atoms with E-state index >= 15 is 0 Å². The second-order valence-electron chi connectivity index (χ2n) is 9.13. The quantitative estimate of drug-likeness (QED) is 0.689. The summed E-state index contributed by atoms with van der Waals surface area (Å²) in [6.07, 6.45) is -0.631. The van der Waals surface area contributed by atoms with E-state index in [1.165, 1.54) is 6.07 Å². The highest BCUT2D eigenvalue weighted by atomic mass is 19.1. The molecule has 3 heterocycles. The molecule has 0 aliphatic carbocycles. The molecule has 0 aromatic heterocycles. The molecular weight excluding hydrogens is 423 g/mol. The number of nitriles is 1. The molecule has 0 radical (unpaired) electrons. The fourth-order valence-electron chi connectivity index (χ4n) is 5.26. The number of β-amino-alcohol motifs (C(OH)–C–C–N with tert-alkyl or cyclic N) is 1. The first-order valence-electron chi connectivity index (χ1n) is 11.3. The molecule has 2 fully saturated rings. The minimum atomic E-state index is -0.631. The topological polar surface area (TPSA) is 88.8 Å². The molecule has 3 aliphatic rings. The molecule has 5 rings (SSSR count). The molecule has 2 aromatic carbocycles. The lowest BCUT2D eigenvalue weighted by Gasteiger charge is -2.47. The van der Waals surface area contributed by atoms with Crippen molar-refractivity contribution in [3.05, 3.63) is 69.5 Å². The van der Waals surface area contributed by atoms with Crippen LogP contribution in [-0.2, 0) is 11.3 Å². The number of aliphatic hydroxyl groups is 1. The van der Waals surface area contributed by atoms with Crippen LogP contribution in [0.3, 0.4) is 0 Å². The molecule has 3 aliphatic heterocycles. The Morgan fingerprint density at radius 2 is 2.15 bits per heavy atom. The Balaban J connectivity index is 1.21. The first kappa shape index (κ1) is 22.0. The lowest BCUT2D eigenvalue weighted by Crippen LogP contribution is -2.62. The fourth-order valence-corrected chi connectivity index (χ4v) is 5.26. The van der Waals surface area contributed by atoms with Crippen LogP contribution >= 0.6 is 0 Å². The van der Waals surface area contributed by atoms with Gasteiger partial charge in [0.2, 0.25) is 0 Å². The van der Waals surface area contributed by atoms with Crippen LogP contribution < -0.4 is 5.32 Å². The van der Waals surface area contributed by atoms with Gasteiger partial charge < -0.3 is 15.2 Å². The van der Waals surface area contributed by atoms with Gasteiger partial charge in [-0.05, 0) is 41.8 Å². The highest BCUT2D eigenvalue weighted by Gasteiger charge is 2.34. The van der Waals surface area contributed by atoms with E-state index in [9.17, 15) is 19.6 Å². The van der Waals surface area contributed by atoms with Gasteiger partial charge in [0.15, 0.2) is 0 Å². The summed E-state index contributed by atoms with van der Waals surface area (Å²) < 4.78 is 19.0. The number of ether oxygens (including phenoxy) is 1. The van der Waals surface area contributed by atoms with Crippen LogP contribution in [0.1, 0.15) is 50.3 Å². The van der Waals surface area contributed by atoms with Crippen LogP contribution in [0.5, 0.6) is 0 Å². The predicted molar refractivity (Wildman–Crippen MR) is 119 cm³/mol. The van der Waals surface area contributed by atoms with Crippen LogP contribution in [0.2, 0.25) is 0 Å². The van der Waals surface area contributed by atoms with Crippen LogP contribution in [0.4, 0.5) is 4.39 Å². The SMILES string of the molecule is Cc1c([C@H]2CN3CCN(C[C@H](O)c4ccc5c(c4)COC5=O)C[C@@H]3CN2)ccc(F)c1C#N. The van der Waals surface area contributed by atoms with Crippen molar-refractivity contribution in [1.82, 2.24) is 15.1 Å². The molecule has 2 N–H and O–H groups in total. The second-order valence-corrected chi connectivity index (χ2v) is 9.13. The molecule has 172 valence electrons. The summed E-state index contributed by atoms with van der Waals surface area (Å²) >= 11 is 0. The van der Waals surface area contributed by atoms with Crippen molar-refractivity contribution in [3.8, 4) is 6.07 Å². The van der Waals surface area contributed by atoms with Crippen molar-refractivity contribution >= 4 is 5.97 Å². The Hall–Kier alpha value is -2.83. The predicted octanol–water partition coefficient (Wildman–Crippen LogP) is 2.04. The van der Waals surface area contributed by atoms with E-state index in [0.29, 0.717) is 23.7 Å². The van der Waals surface area contributed by atoms with Gasteiger partial charge in [-0.1, -0.05) is 12.1 Å². The minimum absolute atomic E-state index is 0.0578. The first-order valence-corrected chi connectivity index (χ1v) is 11.3. The summed E-state index contributed by atoms with van der Waals surface area (Å²) in [6.45, 7) is 6.77. The van der Waals surface area contributed by atoms with E-state index in [-0.39, 0.29) is 24.2 Å². The van der Waals surface area contributed by atoms with Gasteiger partial charge in [-0.3, -0.25) is 9.80 Å². The van der Waals surface area contributed by atoms with Crippen molar-refractivity contribution in [2.24, 2.45) is 0 Å².